The number of carboxylic acids is 1. The Balaban J connectivity index is 2.51. The summed E-state index contributed by atoms with van der Waals surface area (Å²) in [6, 6.07) is 4.39. The topological polar surface area (TPSA) is 82.5 Å². The molecule has 0 unspecified atom stereocenters. The van der Waals surface area contributed by atoms with Crippen LogP contribution in [0.3, 0.4) is 0 Å². The first-order chi connectivity index (χ1) is 9.95. The molecule has 2 atom stereocenters. The minimum Gasteiger partial charge on any atom is -0.480 e. The number of carbonyl (C=O) groups is 2. The molecule has 0 saturated carbocycles. The predicted octanol–water partition coefficient (Wildman–Crippen LogP) is 1.76. The summed E-state index contributed by atoms with van der Waals surface area (Å²) in [4.78, 5) is 28.9. The molecule has 21 heavy (non-hydrogen) atoms. The molecule has 1 aromatic heterocycles. The van der Waals surface area contributed by atoms with Crippen LogP contribution in [-0.2, 0) is 11.2 Å². The third-order valence-electron chi connectivity index (χ3n) is 3.53. The number of nitrogens with zero attached hydrogens (tertiary/aromatic N) is 2. The highest BCUT2D eigenvalue weighted by Gasteiger charge is 2.26. The van der Waals surface area contributed by atoms with Crippen molar-refractivity contribution in [2.45, 2.75) is 32.7 Å². The van der Waals surface area contributed by atoms with Crippen LogP contribution in [0.15, 0.2) is 24.4 Å². The van der Waals surface area contributed by atoms with Crippen LogP contribution in [0.2, 0.25) is 0 Å². The average molecular weight is 293 g/mol. The van der Waals surface area contributed by atoms with Gasteiger partial charge in [0.25, 0.3) is 0 Å². The Bertz CT molecular complexity index is 464. The van der Waals surface area contributed by atoms with E-state index in [0.29, 0.717) is 19.4 Å². The molecule has 0 aliphatic heterocycles. The van der Waals surface area contributed by atoms with Crippen molar-refractivity contribution < 1.29 is 14.7 Å². The van der Waals surface area contributed by atoms with E-state index in [1.807, 2.05) is 32.0 Å². The van der Waals surface area contributed by atoms with Gasteiger partial charge in [-0.05, 0) is 18.1 Å². The van der Waals surface area contributed by atoms with Crippen LogP contribution in [0.5, 0.6) is 0 Å². The third kappa shape index (κ3) is 5.41. The van der Waals surface area contributed by atoms with Crippen LogP contribution >= 0.6 is 0 Å². The van der Waals surface area contributed by atoms with E-state index in [1.54, 1.807) is 13.2 Å². The van der Waals surface area contributed by atoms with Crippen molar-refractivity contribution in [2.24, 2.45) is 5.92 Å². The van der Waals surface area contributed by atoms with Crippen LogP contribution in [0.4, 0.5) is 4.79 Å². The van der Waals surface area contributed by atoms with Gasteiger partial charge in [0.2, 0.25) is 0 Å². The van der Waals surface area contributed by atoms with Crippen LogP contribution < -0.4 is 5.32 Å². The highest BCUT2D eigenvalue weighted by Crippen LogP contribution is 2.08. The van der Waals surface area contributed by atoms with E-state index >= 15 is 0 Å². The van der Waals surface area contributed by atoms with Crippen molar-refractivity contribution in [2.75, 3.05) is 13.6 Å². The van der Waals surface area contributed by atoms with Gasteiger partial charge in [-0.25, -0.2) is 9.59 Å². The number of amides is 2. The second-order valence-electron chi connectivity index (χ2n) is 5.14. The fraction of sp³-hybridized carbons (Fsp3) is 0.533. The number of likely N-dealkylation sites (N-methyl/N-ethyl adjacent to an activating group) is 1. The molecule has 0 bridgehead atoms. The Labute approximate surface area is 125 Å². The van der Waals surface area contributed by atoms with Gasteiger partial charge >= 0.3 is 12.0 Å². The van der Waals surface area contributed by atoms with Gasteiger partial charge in [0.15, 0.2) is 0 Å². The highest BCUT2D eigenvalue weighted by molar-refractivity contribution is 5.82. The number of hydrogen-bond acceptors (Lipinski definition) is 3. The van der Waals surface area contributed by atoms with E-state index in [0.717, 1.165) is 5.69 Å². The molecule has 116 valence electrons. The Morgan fingerprint density at radius 3 is 2.67 bits per heavy atom. The number of carbonyl (C=O) groups excluding carboxylic acids is 1. The zero-order valence-electron chi connectivity index (χ0n) is 12.7. The smallest absolute Gasteiger partial charge is 0.326 e. The van der Waals surface area contributed by atoms with Crippen LogP contribution in [0.25, 0.3) is 0 Å². The molecule has 0 saturated heterocycles. The number of carboxylic acid groups (broad SMARTS) is 1. The number of pyridine rings is 1. The Morgan fingerprint density at radius 2 is 2.14 bits per heavy atom. The van der Waals surface area contributed by atoms with Gasteiger partial charge in [-0.3, -0.25) is 4.98 Å². The second kappa shape index (κ2) is 8.24. The number of aromatic nitrogens is 1. The summed E-state index contributed by atoms with van der Waals surface area (Å²) in [7, 11) is 1.65. The monoisotopic (exact) mass is 293 g/mol. The van der Waals surface area contributed by atoms with Crippen molar-refractivity contribution in [3.63, 3.8) is 0 Å². The van der Waals surface area contributed by atoms with E-state index < -0.39 is 12.0 Å². The minimum absolute atomic E-state index is 0.115. The first-order valence-electron chi connectivity index (χ1n) is 7.10. The Kier molecular flexibility index (Phi) is 6.65. The maximum atomic E-state index is 12.0. The normalized spacial score (nSPS) is 13.3. The number of hydrogen-bond donors (Lipinski definition) is 2. The van der Waals surface area contributed by atoms with E-state index in [-0.39, 0.29) is 11.9 Å². The fourth-order valence-corrected chi connectivity index (χ4v) is 1.86. The zero-order valence-corrected chi connectivity index (χ0v) is 12.7. The summed E-state index contributed by atoms with van der Waals surface area (Å²) in [6.45, 7) is 4.19. The van der Waals surface area contributed by atoms with Crippen molar-refractivity contribution in [3.8, 4) is 0 Å². The summed E-state index contributed by atoms with van der Waals surface area (Å²) in [5, 5.41) is 11.7. The molecule has 0 fully saturated rings. The Morgan fingerprint density at radius 1 is 1.43 bits per heavy atom. The summed E-state index contributed by atoms with van der Waals surface area (Å²) < 4.78 is 0. The molecule has 6 nitrogen and oxygen atoms in total. The lowest BCUT2D eigenvalue weighted by Gasteiger charge is -2.24. The molecular weight excluding hydrogens is 270 g/mol. The number of urea groups is 1. The van der Waals surface area contributed by atoms with Crippen molar-refractivity contribution in [3.05, 3.63) is 30.1 Å². The number of rotatable bonds is 7. The van der Waals surface area contributed by atoms with E-state index in [1.165, 1.54) is 4.90 Å². The van der Waals surface area contributed by atoms with Crippen molar-refractivity contribution in [1.82, 2.24) is 15.2 Å². The molecule has 6 heteroatoms. The molecule has 0 aliphatic rings. The summed E-state index contributed by atoms with van der Waals surface area (Å²) in [5.74, 6) is -1.12. The minimum atomic E-state index is -1.00. The molecule has 2 N–H and O–H groups in total. The van der Waals surface area contributed by atoms with Crippen molar-refractivity contribution >= 4 is 12.0 Å². The van der Waals surface area contributed by atoms with Gasteiger partial charge in [0.1, 0.15) is 6.04 Å². The molecule has 1 heterocycles. The molecular formula is C15H23N3O3. The van der Waals surface area contributed by atoms with Crippen LogP contribution in [-0.4, -0.2) is 46.6 Å². The van der Waals surface area contributed by atoms with E-state index in [4.69, 9.17) is 0 Å². The average Bonchev–Trinajstić information content (AvgIpc) is 2.49. The van der Waals surface area contributed by atoms with Gasteiger partial charge < -0.3 is 15.3 Å². The number of aliphatic carboxylic acids is 1. The highest BCUT2D eigenvalue weighted by atomic mass is 16.4. The molecule has 1 rings (SSSR count). The van der Waals surface area contributed by atoms with Crippen molar-refractivity contribution in [1.29, 1.82) is 0 Å². The maximum Gasteiger partial charge on any atom is 0.326 e. The molecule has 0 aromatic carbocycles. The fourth-order valence-electron chi connectivity index (χ4n) is 1.86. The standard InChI is InChI=1S/C15H23N3O3/c1-4-11(2)13(14(19)20)17-15(21)18(3)10-8-12-7-5-6-9-16-12/h5-7,9,11,13H,4,8,10H2,1-3H3,(H,17,21)(H,19,20)/t11-,13-/m0/s1. The summed E-state index contributed by atoms with van der Waals surface area (Å²) in [5.41, 5.74) is 0.897. The zero-order chi connectivity index (χ0) is 15.8. The van der Waals surface area contributed by atoms with Gasteiger partial charge in [-0.1, -0.05) is 26.3 Å². The SMILES string of the molecule is CC[C@H](C)[C@H](NC(=O)N(C)CCc1ccccn1)C(=O)O. The Hall–Kier alpha value is -2.11. The largest absolute Gasteiger partial charge is 0.480 e. The first kappa shape index (κ1) is 16.9. The van der Waals surface area contributed by atoms with Gasteiger partial charge in [-0.2, -0.15) is 0 Å². The van der Waals surface area contributed by atoms with Gasteiger partial charge in [0.05, 0.1) is 0 Å². The quantitative estimate of drug-likeness (QED) is 0.802. The van der Waals surface area contributed by atoms with E-state index in [9.17, 15) is 14.7 Å². The lowest BCUT2D eigenvalue weighted by Crippen LogP contribution is -2.49. The molecule has 1 aromatic rings. The molecule has 0 spiro atoms. The third-order valence-corrected chi connectivity index (χ3v) is 3.53. The van der Waals surface area contributed by atoms with Gasteiger partial charge in [-0.15, -0.1) is 0 Å². The predicted molar refractivity (Wildman–Crippen MR) is 80.0 cm³/mol. The lowest BCUT2D eigenvalue weighted by atomic mass is 9.99. The maximum absolute atomic E-state index is 12.0. The second-order valence-corrected chi connectivity index (χ2v) is 5.14. The van der Waals surface area contributed by atoms with Crippen LogP contribution in [0, 0.1) is 5.92 Å². The van der Waals surface area contributed by atoms with Gasteiger partial charge in [0, 0.05) is 31.9 Å². The molecule has 0 radical (unpaired) electrons. The van der Waals surface area contributed by atoms with E-state index in [2.05, 4.69) is 10.3 Å². The summed E-state index contributed by atoms with van der Waals surface area (Å²) >= 11 is 0. The molecule has 0 aliphatic carbocycles. The molecule has 2 amide bonds. The first-order valence-corrected chi connectivity index (χ1v) is 7.10. The lowest BCUT2D eigenvalue weighted by molar-refractivity contribution is -0.140. The number of nitrogens with one attached hydrogen (secondary N) is 1. The van der Waals surface area contributed by atoms with Crippen LogP contribution in [0.1, 0.15) is 26.0 Å². The summed E-state index contributed by atoms with van der Waals surface area (Å²) in [6.07, 6.45) is 3.03.